The van der Waals surface area contributed by atoms with Crippen LogP contribution in [0.4, 0.5) is 13.6 Å². The highest BCUT2D eigenvalue weighted by Crippen LogP contribution is 2.46. The number of hydrogen-bond donors (Lipinski definition) is 2. The van der Waals surface area contributed by atoms with E-state index in [1.807, 2.05) is 26.0 Å². The summed E-state index contributed by atoms with van der Waals surface area (Å²) in [6.45, 7) is 5.32. The number of ether oxygens (including phenoxy) is 3. The van der Waals surface area contributed by atoms with Gasteiger partial charge in [-0.15, -0.1) is 0 Å². The number of halogens is 2. The van der Waals surface area contributed by atoms with Gasteiger partial charge in [0.05, 0.1) is 30.8 Å². The molecule has 6 rings (SSSR count). The lowest BCUT2D eigenvalue weighted by Gasteiger charge is -2.30. The first-order chi connectivity index (χ1) is 24.8. The predicted octanol–water partition coefficient (Wildman–Crippen LogP) is 5.50. The van der Waals surface area contributed by atoms with Crippen molar-refractivity contribution in [1.29, 1.82) is 0 Å². The van der Waals surface area contributed by atoms with Crippen LogP contribution in [0, 0.1) is 11.3 Å². The lowest BCUT2D eigenvalue weighted by Crippen LogP contribution is -2.56. The summed E-state index contributed by atoms with van der Waals surface area (Å²) in [5, 5.41) is 5.63. The molecular formula is C38H47F2N5O7. The lowest BCUT2D eigenvalue weighted by atomic mass is 9.89. The van der Waals surface area contributed by atoms with Crippen LogP contribution in [0.2, 0.25) is 0 Å². The Hall–Kier alpha value is -4.62. The number of rotatable bonds is 2. The van der Waals surface area contributed by atoms with Gasteiger partial charge in [-0.05, 0) is 69.1 Å². The van der Waals surface area contributed by atoms with E-state index in [4.69, 9.17) is 14.2 Å². The van der Waals surface area contributed by atoms with Crippen molar-refractivity contribution in [2.24, 2.45) is 11.3 Å². The fourth-order valence-electron chi connectivity index (χ4n) is 7.14. The molecule has 3 amide bonds. The molecule has 52 heavy (non-hydrogen) atoms. The van der Waals surface area contributed by atoms with Crippen LogP contribution in [-0.2, 0) is 29.8 Å². The molecule has 1 aromatic carbocycles. The van der Waals surface area contributed by atoms with Crippen molar-refractivity contribution < 1.29 is 42.2 Å². The van der Waals surface area contributed by atoms with Crippen LogP contribution in [0.25, 0.3) is 11.0 Å². The van der Waals surface area contributed by atoms with E-state index in [1.165, 1.54) is 11.0 Å². The quantitative estimate of drug-likeness (QED) is 0.303. The van der Waals surface area contributed by atoms with Gasteiger partial charge in [0.2, 0.25) is 17.7 Å². The second kappa shape index (κ2) is 15.2. The van der Waals surface area contributed by atoms with Gasteiger partial charge in [-0.1, -0.05) is 57.0 Å². The molecule has 3 bridgehead atoms. The number of aromatic nitrogens is 2. The molecule has 5 atom stereocenters. The highest BCUT2D eigenvalue weighted by atomic mass is 19.3. The third-order valence-corrected chi connectivity index (χ3v) is 10.2. The predicted molar refractivity (Wildman–Crippen MR) is 186 cm³/mol. The molecule has 2 N–H and O–H groups in total. The van der Waals surface area contributed by atoms with Crippen molar-refractivity contribution in [1.82, 2.24) is 25.5 Å². The summed E-state index contributed by atoms with van der Waals surface area (Å²) in [5.74, 6) is -6.03. The highest BCUT2D eigenvalue weighted by Gasteiger charge is 2.62. The number of cyclic esters (lactones) is 1. The van der Waals surface area contributed by atoms with Gasteiger partial charge in [-0.3, -0.25) is 9.59 Å². The van der Waals surface area contributed by atoms with E-state index < -0.39 is 70.5 Å². The van der Waals surface area contributed by atoms with Crippen LogP contribution in [-0.4, -0.2) is 82.2 Å². The second-order valence-electron chi connectivity index (χ2n) is 14.9. The van der Waals surface area contributed by atoms with E-state index in [2.05, 4.69) is 20.6 Å². The molecule has 0 radical (unpaired) electrons. The topological polar surface area (TPSA) is 149 Å². The van der Waals surface area contributed by atoms with Crippen molar-refractivity contribution in [3.63, 3.8) is 0 Å². The molecule has 280 valence electrons. The van der Waals surface area contributed by atoms with Gasteiger partial charge < -0.3 is 29.7 Å². The molecule has 2 aromatic rings. The van der Waals surface area contributed by atoms with Crippen molar-refractivity contribution >= 4 is 34.9 Å². The number of nitrogens with zero attached hydrogens (tertiary/aromatic N) is 3. The lowest BCUT2D eigenvalue weighted by molar-refractivity contribution is -0.150. The fourth-order valence-corrected chi connectivity index (χ4v) is 7.14. The van der Waals surface area contributed by atoms with E-state index in [9.17, 15) is 19.2 Å². The van der Waals surface area contributed by atoms with E-state index in [1.54, 1.807) is 31.2 Å². The molecule has 3 aliphatic heterocycles. The molecular weight excluding hydrogens is 676 g/mol. The number of para-hydroxylation sites is 2. The monoisotopic (exact) mass is 723 g/mol. The zero-order valence-electron chi connectivity index (χ0n) is 29.9. The Bertz CT molecular complexity index is 1750. The maximum absolute atomic E-state index is 16.0. The number of alkyl halides is 2. The number of esters is 1. The number of alkyl carbamates (subject to hydrolysis) is 1. The molecule has 1 aliphatic carbocycles. The maximum Gasteiger partial charge on any atom is 0.407 e. The second-order valence-corrected chi connectivity index (χ2v) is 14.9. The van der Waals surface area contributed by atoms with Crippen LogP contribution in [0.15, 0.2) is 48.6 Å². The number of fused-ring (bicyclic) bond motifs is 5. The SMILES string of the molecule is CCOC(=O)[C@@]12C[C@H]1/C=C\CCCCC[C@@H]1NC(=O)OCC(C)(C)CC/C=C/C(F)(F)c3nc4ccccc4nc3O[C@@H]3C[C@@H](C(=O)N2)N(C3)C1=O. The summed E-state index contributed by atoms with van der Waals surface area (Å²) in [6.07, 6.45) is 8.44. The average molecular weight is 724 g/mol. The minimum Gasteiger partial charge on any atom is -0.471 e. The van der Waals surface area contributed by atoms with Crippen LogP contribution < -0.4 is 15.4 Å². The Kier molecular flexibility index (Phi) is 10.8. The third kappa shape index (κ3) is 8.20. The first kappa shape index (κ1) is 37.1. The summed E-state index contributed by atoms with van der Waals surface area (Å²) in [4.78, 5) is 65.0. The molecule has 1 saturated carbocycles. The van der Waals surface area contributed by atoms with E-state index in [0.29, 0.717) is 24.8 Å². The largest absolute Gasteiger partial charge is 0.471 e. The average Bonchev–Trinajstić information content (AvgIpc) is 3.64. The van der Waals surface area contributed by atoms with Gasteiger partial charge in [-0.2, -0.15) is 8.78 Å². The smallest absolute Gasteiger partial charge is 0.407 e. The molecule has 0 spiro atoms. The zero-order valence-corrected chi connectivity index (χ0v) is 29.9. The summed E-state index contributed by atoms with van der Waals surface area (Å²) in [7, 11) is 0. The van der Waals surface area contributed by atoms with Crippen molar-refractivity contribution in [3.05, 3.63) is 54.3 Å². The van der Waals surface area contributed by atoms with Crippen molar-refractivity contribution in [2.75, 3.05) is 19.8 Å². The Balaban J connectivity index is 1.40. The minimum absolute atomic E-state index is 0.0155. The van der Waals surface area contributed by atoms with Crippen molar-refractivity contribution in [3.8, 4) is 5.88 Å². The maximum atomic E-state index is 16.0. The molecule has 1 saturated heterocycles. The minimum atomic E-state index is -3.58. The number of carbonyl (C=O) groups excluding carboxylic acids is 4. The molecule has 1 aromatic heterocycles. The number of nitrogens with one attached hydrogen (secondary N) is 2. The first-order valence-electron chi connectivity index (χ1n) is 18.2. The standard InChI is InChI=1S/C38H47F2N5O7/c1-4-50-34(48)37-21-24(37)14-8-6-5-7-9-17-28-33(47)45-22-25(20-29(45)31(46)44-37)52-32-30(41-26-15-10-11-16-27(26)42-32)38(39,40)19-13-12-18-36(2,3)23-51-35(49)43-28/h8,10-11,13-16,19,24-25,28-29H,4-7,9,12,17-18,20-23H2,1-3H3,(H,43,49)(H,44,46)/b14-8-,19-13+/t24-,25-,28+,29+,37-/m1/s1. The molecule has 14 heteroatoms. The molecule has 4 aliphatic rings. The van der Waals surface area contributed by atoms with E-state index in [0.717, 1.165) is 25.3 Å². The zero-order chi connectivity index (χ0) is 37.1. The Morgan fingerprint density at radius 3 is 2.60 bits per heavy atom. The number of amides is 3. The third-order valence-electron chi connectivity index (χ3n) is 10.2. The van der Waals surface area contributed by atoms with Crippen LogP contribution in [0.1, 0.15) is 84.3 Å². The number of hydrogen-bond acceptors (Lipinski definition) is 9. The first-order valence-corrected chi connectivity index (χ1v) is 18.2. The fraction of sp³-hybridized carbons (Fsp3) is 0.579. The van der Waals surface area contributed by atoms with Gasteiger partial charge in [-0.25, -0.2) is 19.6 Å². The van der Waals surface area contributed by atoms with Crippen LogP contribution >= 0.6 is 0 Å². The summed E-state index contributed by atoms with van der Waals surface area (Å²) in [6, 6.07) is 4.39. The highest BCUT2D eigenvalue weighted by molar-refractivity contribution is 5.96. The van der Waals surface area contributed by atoms with Gasteiger partial charge in [0.1, 0.15) is 23.7 Å². The van der Waals surface area contributed by atoms with Gasteiger partial charge >= 0.3 is 18.0 Å². The van der Waals surface area contributed by atoms with Gasteiger partial charge in [0, 0.05) is 12.3 Å². The summed E-state index contributed by atoms with van der Waals surface area (Å²) in [5.41, 5.74) is -1.98. The van der Waals surface area contributed by atoms with E-state index >= 15 is 8.78 Å². The Morgan fingerprint density at radius 1 is 1.06 bits per heavy atom. The summed E-state index contributed by atoms with van der Waals surface area (Å²) >= 11 is 0. The summed E-state index contributed by atoms with van der Waals surface area (Å²) < 4.78 is 49.1. The number of allylic oxidation sites excluding steroid dienone is 3. The Morgan fingerprint density at radius 2 is 1.83 bits per heavy atom. The molecule has 12 nitrogen and oxygen atoms in total. The number of carbonyl (C=O) groups is 4. The molecule has 2 fully saturated rings. The van der Waals surface area contributed by atoms with Crippen LogP contribution in [0.5, 0.6) is 5.88 Å². The molecule has 4 heterocycles. The Labute approximate surface area is 301 Å². The normalized spacial score (nSPS) is 30.7. The van der Waals surface area contributed by atoms with Gasteiger partial charge in [0.15, 0.2) is 5.69 Å². The molecule has 0 unspecified atom stereocenters. The van der Waals surface area contributed by atoms with E-state index in [-0.39, 0.29) is 50.5 Å². The van der Waals surface area contributed by atoms with Crippen LogP contribution in [0.3, 0.4) is 0 Å². The van der Waals surface area contributed by atoms with Crippen molar-refractivity contribution in [2.45, 2.75) is 108 Å². The number of benzene rings is 1. The van der Waals surface area contributed by atoms with Gasteiger partial charge in [0.25, 0.3) is 0 Å².